The van der Waals surface area contributed by atoms with Crippen molar-refractivity contribution in [2.45, 2.75) is 138 Å². The van der Waals surface area contributed by atoms with E-state index in [2.05, 4.69) is 0 Å². The zero-order valence-corrected chi connectivity index (χ0v) is 27.8. The summed E-state index contributed by atoms with van der Waals surface area (Å²) in [4.78, 5) is 51.2. The molecule has 8 heteroatoms. The second-order valence-electron chi connectivity index (χ2n) is 14.0. The van der Waals surface area contributed by atoms with Gasteiger partial charge in [-0.25, -0.2) is 4.79 Å². The highest BCUT2D eigenvalue weighted by Gasteiger charge is 2.47. The number of hydrogen-bond donors (Lipinski definition) is 0. The lowest BCUT2D eigenvalue weighted by Gasteiger charge is -2.42. The molecule has 1 aromatic carbocycles. The topological polar surface area (TPSA) is 105 Å². The summed E-state index contributed by atoms with van der Waals surface area (Å²) in [7, 11) is 0. The normalized spacial score (nSPS) is 14.2. The lowest BCUT2D eigenvalue weighted by Crippen LogP contribution is -2.52. The zero-order valence-electron chi connectivity index (χ0n) is 27.8. The van der Waals surface area contributed by atoms with E-state index < -0.39 is 46.8 Å². The molecule has 2 atom stereocenters. The van der Waals surface area contributed by atoms with Gasteiger partial charge in [0.2, 0.25) is 0 Å². The summed E-state index contributed by atoms with van der Waals surface area (Å²) in [5.41, 5.74) is -2.25. The summed E-state index contributed by atoms with van der Waals surface area (Å²) < 4.78 is 22.7. The average Bonchev–Trinajstić information content (AvgIpc) is 2.88. The van der Waals surface area contributed by atoms with Crippen molar-refractivity contribution in [2.75, 3.05) is 6.61 Å². The molecule has 0 aliphatic rings. The number of hydrogen-bond acceptors (Lipinski definition) is 8. The summed E-state index contributed by atoms with van der Waals surface area (Å²) >= 11 is 0. The molecular weight excluding hydrogens is 536 g/mol. The van der Waals surface area contributed by atoms with E-state index in [1.165, 1.54) is 0 Å². The fourth-order valence-corrected chi connectivity index (χ4v) is 4.31. The molecule has 1 rings (SSSR count). The van der Waals surface area contributed by atoms with Gasteiger partial charge in [-0.1, -0.05) is 71.4 Å². The van der Waals surface area contributed by atoms with Crippen LogP contribution in [0.2, 0.25) is 0 Å². The molecule has 1 aromatic rings. The van der Waals surface area contributed by atoms with Crippen LogP contribution in [0, 0.1) is 10.8 Å². The second kappa shape index (κ2) is 15.8. The fourth-order valence-electron chi connectivity index (χ4n) is 4.31. The van der Waals surface area contributed by atoms with Crippen molar-refractivity contribution in [1.29, 1.82) is 0 Å². The van der Waals surface area contributed by atoms with Gasteiger partial charge in [0.15, 0.2) is 17.7 Å². The quantitative estimate of drug-likeness (QED) is 0.144. The van der Waals surface area contributed by atoms with Gasteiger partial charge in [0.25, 0.3) is 0 Å². The van der Waals surface area contributed by atoms with Crippen LogP contribution in [0.1, 0.15) is 114 Å². The Bertz CT molecular complexity index is 1030. The van der Waals surface area contributed by atoms with Crippen LogP contribution < -0.4 is 0 Å². The number of benzene rings is 1. The van der Waals surface area contributed by atoms with E-state index in [0.29, 0.717) is 25.7 Å². The minimum absolute atomic E-state index is 0.138. The van der Waals surface area contributed by atoms with Crippen molar-refractivity contribution in [2.24, 2.45) is 10.8 Å². The first-order valence-electron chi connectivity index (χ1n) is 15.0. The number of esters is 2. The van der Waals surface area contributed by atoms with E-state index >= 15 is 0 Å². The molecule has 0 bridgehead atoms. The van der Waals surface area contributed by atoms with Crippen molar-refractivity contribution in [3.8, 4) is 0 Å². The Balaban J connectivity index is 2.65. The maximum absolute atomic E-state index is 13.2. The molecule has 238 valence electrons. The maximum Gasteiger partial charge on any atom is 0.332 e. The van der Waals surface area contributed by atoms with Crippen LogP contribution >= 0.6 is 0 Å². The van der Waals surface area contributed by atoms with Gasteiger partial charge >= 0.3 is 11.9 Å². The third-order valence-electron chi connectivity index (χ3n) is 7.47. The van der Waals surface area contributed by atoms with Crippen molar-refractivity contribution in [3.63, 3.8) is 0 Å². The number of unbranched alkanes of at least 4 members (excludes halogenated alkanes) is 2. The van der Waals surface area contributed by atoms with Gasteiger partial charge in [-0.2, -0.15) is 0 Å². The first kappa shape index (κ1) is 37.4. The van der Waals surface area contributed by atoms with Crippen molar-refractivity contribution < 1.29 is 38.1 Å². The van der Waals surface area contributed by atoms with E-state index in [1.807, 2.05) is 51.1 Å². The molecule has 0 fully saturated rings. The monoisotopic (exact) mass is 590 g/mol. The first-order chi connectivity index (χ1) is 19.2. The van der Waals surface area contributed by atoms with Gasteiger partial charge < -0.3 is 18.9 Å². The predicted molar refractivity (Wildman–Crippen MR) is 163 cm³/mol. The highest BCUT2D eigenvalue weighted by atomic mass is 16.6. The first-order valence-corrected chi connectivity index (χ1v) is 15.0. The largest absolute Gasteiger partial charge is 0.461 e. The van der Waals surface area contributed by atoms with Gasteiger partial charge in [0.05, 0.1) is 16.6 Å². The Hall–Kier alpha value is -2.58. The molecule has 0 aliphatic carbocycles. The fraction of sp³-hybridized carbons (Fsp3) is 0.706. The second-order valence-corrected chi connectivity index (χ2v) is 14.0. The highest BCUT2D eigenvalue weighted by molar-refractivity contribution is 5.90. The Morgan fingerprint density at radius 2 is 1.36 bits per heavy atom. The highest BCUT2D eigenvalue weighted by Crippen LogP contribution is 2.37. The number of carbonyl (C=O) groups is 4. The lowest BCUT2D eigenvalue weighted by molar-refractivity contribution is -0.179. The van der Waals surface area contributed by atoms with Crippen LogP contribution in [-0.4, -0.2) is 53.5 Å². The van der Waals surface area contributed by atoms with Crippen LogP contribution in [0.5, 0.6) is 0 Å². The Kier molecular flexibility index (Phi) is 14.1. The summed E-state index contributed by atoms with van der Waals surface area (Å²) in [6.45, 7) is 19.6. The smallest absolute Gasteiger partial charge is 0.332 e. The third kappa shape index (κ3) is 12.7. The van der Waals surface area contributed by atoms with Gasteiger partial charge in [-0.05, 0) is 66.4 Å². The lowest BCUT2D eigenvalue weighted by atomic mass is 9.72. The summed E-state index contributed by atoms with van der Waals surface area (Å²) in [6, 6.07) is 9.49. The van der Waals surface area contributed by atoms with Gasteiger partial charge in [-0.15, -0.1) is 0 Å². The number of carbonyl (C=O) groups excluding carboxylic acids is 4. The summed E-state index contributed by atoms with van der Waals surface area (Å²) in [5.74, 6) is -1.26. The minimum Gasteiger partial charge on any atom is -0.461 e. The average molecular weight is 591 g/mol. The predicted octanol–water partition coefficient (Wildman–Crippen LogP) is 6.80. The standard InChI is InChI=1S/C34H54O8/c1-24(42-32(5,6)7)29(37)33(8,9)34(10,11)40-23-28(36)41-26(30(38)31(2,3)4)20-16-13-17-21-27(35)39-22-25-18-14-12-15-19-25/h12,14-15,18-19,24,26H,13,16-17,20-23H2,1-11H3. The third-order valence-corrected chi connectivity index (χ3v) is 7.47. The van der Waals surface area contributed by atoms with Crippen molar-refractivity contribution >= 4 is 23.5 Å². The van der Waals surface area contributed by atoms with Gasteiger partial charge in [0.1, 0.15) is 19.3 Å². The number of rotatable bonds is 17. The molecule has 0 radical (unpaired) electrons. The molecule has 0 heterocycles. The van der Waals surface area contributed by atoms with Crippen LogP contribution in [0.15, 0.2) is 30.3 Å². The molecule has 42 heavy (non-hydrogen) atoms. The van der Waals surface area contributed by atoms with E-state index in [0.717, 1.165) is 5.56 Å². The van der Waals surface area contributed by atoms with Gasteiger partial charge in [0, 0.05) is 11.8 Å². The minimum atomic E-state index is -1.02. The van der Waals surface area contributed by atoms with Crippen LogP contribution in [0.4, 0.5) is 0 Å². The zero-order chi connectivity index (χ0) is 32.4. The molecule has 0 saturated carbocycles. The SMILES string of the molecule is CC(OC(C)(C)C)C(=O)C(C)(C)C(C)(C)OCC(=O)OC(CCCCCC(=O)OCc1ccccc1)C(=O)C(C)(C)C. The van der Waals surface area contributed by atoms with E-state index in [-0.39, 0.29) is 30.6 Å². The van der Waals surface area contributed by atoms with E-state index in [1.54, 1.807) is 55.4 Å². The molecule has 8 nitrogen and oxygen atoms in total. The molecule has 0 N–H and O–H groups in total. The summed E-state index contributed by atoms with van der Waals surface area (Å²) in [5, 5.41) is 0. The Morgan fingerprint density at radius 1 is 0.762 bits per heavy atom. The van der Waals surface area contributed by atoms with Crippen molar-refractivity contribution in [3.05, 3.63) is 35.9 Å². The molecule has 2 unspecified atom stereocenters. The maximum atomic E-state index is 13.2. The van der Waals surface area contributed by atoms with Crippen LogP contribution in [0.25, 0.3) is 0 Å². The van der Waals surface area contributed by atoms with E-state index in [9.17, 15) is 19.2 Å². The van der Waals surface area contributed by atoms with Gasteiger partial charge in [-0.3, -0.25) is 14.4 Å². The summed E-state index contributed by atoms with van der Waals surface area (Å²) in [6.07, 6.45) is 0.928. The number of ketones is 2. The molecular formula is C34H54O8. The Morgan fingerprint density at radius 3 is 1.90 bits per heavy atom. The molecule has 0 amide bonds. The molecule has 0 aromatic heterocycles. The van der Waals surface area contributed by atoms with Crippen LogP contribution in [-0.2, 0) is 44.7 Å². The number of Topliss-reactive ketones (excluding diaryl/α,β-unsaturated/α-hetero) is 2. The molecule has 0 saturated heterocycles. The van der Waals surface area contributed by atoms with E-state index in [4.69, 9.17) is 18.9 Å². The van der Waals surface area contributed by atoms with Crippen molar-refractivity contribution in [1.82, 2.24) is 0 Å². The molecule has 0 spiro atoms. The molecule has 0 aliphatic heterocycles. The Labute approximate surface area is 253 Å². The number of ether oxygens (including phenoxy) is 4. The van der Waals surface area contributed by atoms with Crippen LogP contribution in [0.3, 0.4) is 0 Å².